The van der Waals surface area contributed by atoms with E-state index in [1.165, 1.54) is 16.9 Å². The van der Waals surface area contributed by atoms with Gasteiger partial charge in [-0.05, 0) is 64.2 Å². The van der Waals surface area contributed by atoms with Crippen LogP contribution in [0.3, 0.4) is 0 Å². The van der Waals surface area contributed by atoms with E-state index in [-0.39, 0.29) is 24.3 Å². The van der Waals surface area contributed by atoms with E-state index in [1.54, 1.807) is 40.1 Å². The number of aromatic nitrogens is 1. The maximum absolute atomic E-state index is 13.1. The Balaban J connectivity index is 1.93. The summed E-state index contributed by atoms with van der Waals surface area (Å²) in [4.78, 5) is 53.6. The molecular weight excluding hydrogens is 426 g/mol. The zero-order valence-electron chi connectivity index (χ0n) is 20.2. The highest BCUT2D eigenvalue weighted by Gasteiger charge is 2.35. The normalized spacial score (nSPS) is 17.3. The standard InChI is InChI=1S/C24H35N3O6/c1-17(22(30)32-16-33-23(31)24(3,4)5)15-27(18(2)28)26-14-6-7-20(21(26)29)9-8-19-10-12-25-13-11-19/h10-13,17,20H,6-9,14-16H2,1-5H3/t17?,20-/m0/s1. The summed E-state index contributed by atoms with van der Waals surface area (Å²) in [5.74, 6) is -2.41. The van der Waals surface area contributed by atoms with Crippen molar-refractivity contribution in [3.05, 3.63) is 30.1 Å². The van der Waals surface area contributed by atoms with Crippen molar-refractivity contribution in [2.24, 2.45) is 17.3 Å². The van der Waals surface area contributed by atoms with Crippen molar-refractivity contribution in [1.29, 1.82) is 0 Å². The number of amides is 2. The molecule has 2 amide bonds. The Hall–Kier alpha value is -2.97. The first kappa shape index (κ1) is 26.3. The van der Waals surface area contributed by atoms with Gasteiger partial charge in [0.1, 0.15) is 0 Å². The molecule has 1 saturated heterocycles. The number of hydrogen-bond donors (Lipinski definition) is 0. The van der Waals surface area contributed by atoms with Gasteiger partial charge in [-0.1, -0.05) is 6.92 Å². The predicted octanol–water partition coefficient (Wildman–Crippen LogP) is 2.74. The fourth-order valence-corrected chi connectivity index (χ4v) is 3.56. The third kappa shape index (κ3) is 7.83. The number of hydrogen-bond acceptors (Lipinski definition) is 7. The molecule has 9 nitrogen and oxygen atoms in total. The fourth-order valence-electron chi connectivity index (χ4n) is 3.56. The molecule has 9 heteroatoms. The van der Waals surface area contributed by atoms with Gasteiger partial charge in [-0.3, -0.25) is 34.2 Å². The second kappa shape index (κ2) is 11.8. The lowest BCUT2D eigenvalue weighted by molar-refractivity contribution is -0.179. The SMILES string of the molecule is CC(=O)N(CC(C)C(=O)OCOC(=O)C(C)(C)C)N1CCC[C@@H](CCc2ccncc2)C1=O. The number of pyridine rings is 1. The zero-order valence-corrected chi connectivity index (χ0v) is 20.2. The molecule has 1 fully saturated rings. The summed E-state index contributed by atoms with van der Waals surface area (Å²) >= 11 is 0. The van der Waals surface area contributed by atoms with Gasteiger partial charge in [0.25, 0.3) is 0 Å². The number of rotatable bonds is 9. The third-order valence-electron chi connectivity index (χ3n) is 5.56. The van der Waals surface area contributed by atoms with Gasteiger partial charge in [0, 0.05) is 31.8 Å². The van der Waals surface area contributed by atoms with Gasteiger partial charge in [-0.15, -0.1) is 0 Å². The molecule has 33 heavy (non-hydrogen) atoms. The smallest absolute Gasteiger partial charge is 0.314 e. The van der Waals surface area contributed by atoms with E-state index in [0.717, 1.165) is 24.8 Å². The first-order valence-corrected chi connectivity index (χ1v) is 11.3. The van der Waals surface area contributed by atoms with Crippen molar-refractivity contribution in [3.63, 3.8) is 0 Å². The Kier molecular flexibility index (Phi) is 9.37. The zero-order chi connectivity index (χ0) is 24.6. The minimum Gasteiger partial charge on any atom is -0.428 e. The van der Waals surface area contributed by atoms with Crippen LogP contribution in [0.5, 0.6) is 0 Å². The van der Waals surface area contributed by atoms with Crippen molar-refractivity contribution in [2.75, 3.05) is 19.9 Å². The minimum absolute atomic E-state index is 0.00417. The highest BCUT2D eigenvalue weighted by atomic mass is 16.7. The molecule has 1 aliphatic rings. The molecule has 1 unspecified atom stereocenters. The number of carbonyl (C=O) groups is 4. The van der Waals surface area contributed by atoms with Gasteiger partial charge in [-0.2, -0.15) is 0 Å². The van der Waals surface area contributed by atoms with Crippen LogP contribution in [0.2, 0.25) is 0 Å². The average Bonchev–Trinajstić information content (AvgIpc) is 2.76. The van der Waals surface area contributed by atoms with Crippen LogP contribution in [0.25, 0.3) is 0 Å². The lowest BCUT2D eigenvalue weighted by Gasteiger charge is -2.40. The molecule has 0 aliphatic carbocycles. The van der Waals surface area contributed by atoms with E-state index in [9.17, 15) is 19.2 Å². The Morgan fingerprint density at radius 1 is 1.21 bits per heavy atom. The Bertz CT molecular complexity index is 836. The van der Waals surface area contributed by atoms with Crippen LogP contribution < -0.4 is 0 Å². The van der Waals surface area contributed by atoms with E-state index < -0.39 is 30.1 Å². The van der Waals surface area contributed by atoms with Crippen LogP contribution in [-0.4, -0.2) is 58.6 Å². The summed E-state index contributed by atoms with van der Waals surface area (Å²) < 4.78 is 10.0. The number of aryl methyl sites for hydroxylation is 1. The number of ether oxygens (including phenoxy) is 2. The number of nitrogens with zero attached hydrogens (tertiary/aromatic N) is 3. The number of hydrazine groups is 1. The van der Waals surface area contributed by atoms with Crippen LogP contribution in [0.1, 0.15) is 59.4 Å². The van der Waals surface area contributed by atoms with Crippen LogP contribution >= 0.6 is 0 Å². The van der Waals surface area contributed by atoms with Gasteiger partial charge in [-0.25, -0.2) is 0 Å². The molecule has 0 radical (unpaired) electrons. The molecule has 0 aromatic carbocycles. The Morgan fingerprint density at radius 2 is 1.88 bits per heavy atom. The Morgan fingerprint density at radius 3 is 2.48 bits per heavy atom. The first-order valence-electron chi connectivity index (χ1n) is 11.3. The van der Waals surface area contributed by atoms with Crippen molar-refractivity contribution >= 4 is 23.8 Å². The molecule has 1 aliphatic heterocycles. The maximum atomic E-state index is 13.1. The van der Waals surface area contributed by atoms with Crippen LogP contribution in [-0.2, 0) is 35.1 Å². The summed E-state index contributed by atoms with van der Waals surface area (Å²) in [6, 6.07) is 3.86. The lowest BCUT2D eigenvalue weighted by atomic mass is 9.91. The van der Waals surface area contributed by atoms with E-state index in [4.69, 9.17) is 9.47 Å². The molecule has 2 heterocycles. The largest absolute Gasteiger partial charge is 0.428 e. The summed E-state index contributed by atoms with van der Waals surface area (Å²) in [6.07, 6.45) is 6.43. The molecule has 0 spiro atoms. The first-order chi connectivity index (χ1) is 15.5. The number of carbonyl (C=O) groups excluding carboxylic acids is 4. The molecular formula is C24H35N3O6. The predicted molar refractivity (Wildman–Crippen MR) is 120 cm³/mol. The molecule has 0 saturated carbocycles. The second-order valence-electron chi connectivity index (χ2n) is 9.46. The molecule has 2 rings (SSSR count). The summed E-state index contributed by atoms with van der Waals surface area (Å²) in [5, 5.41) is 2.79. The minimum atomic E-state index is -0.702. The van der Waals surface area contributed by atoms with Crippen molar-refractivity contribution in [2.45, 2.75) is 60.3 Å². The topological polar surface area (TPSA) is 106 Å². The third-order valence-corrected chi connectivity index (χ3v) is 5.56. The van der Waals surface area contributed by atoms with Gasteiger partial charge in [0.15, 0.2) is 0 Å². The quantitative estimate of drug-likeness (QED) is 0.411. The summed E-state index contributed by atoms with van der Waals surface area (Å²) in [6.45, 7) is 8.02. The van der Waals surface area contributed by atoms with Crippen molar-refractivity contribution < 1.29 is 28.7 Å². The van der Waals surface area contributed by atoms with Gasteiger partial charge in [0.05, 0.1) is 17.9 Å². The van der Waals surface area contributed by atoms with Gasteiger partial charge in [0.2, 0.25) is 18.6 Å². The van der Waals surface area contributed by atoms with Crippen LogP contribution in [0, 0.1) is 17.3 Å². The fraction of sp³-hybridized carbons (Fsp3) is 0.625. The molecule has 1 aromatic heterocycles. The average molecular weight is 462 g/mol. The van der Waals surface area contributed by atoms with E-state index in [0.29, 0.717) is 13.0 Å². The molecule has 0 bridgehead atoms. The monoisotopic (exact) mass is 461 g/mol. The highest BCUT2D eigenvalue weighted by Crippen LogP contribution is 2.25. The van der Waals surface area contributed by atoms with Crippen molar-refractivity contribution in [3.8, 4) is 0 Å². The van der Waals surface area contributed by atoms with Gasteiger partial charge >= 0.3 is 11.9 Å². The number of esters is 2. The van der Waals surface area contributed by atoms with E-state index >= 15 is 0 Å². The molecule has 2 atom stereocenters. The maximum Gasteiger partial charge on any atom is 0.314 e. The summed E-state index contributed by atoms with van der Waals surface area (Å²) in [5.41, 5.74) is 0.410. The van der Waals surface area contributed by atoms with Crippen LogP contribution in [0.4, 0.5) is 0 Å². The molecule has 0 N–H and O–H groups in total. The van der Waals surface area contributed by atoms with Crippen molar-refractivity contribution in [1.82, 2.24) is 15.0 Å². The summed E-state index contributed by atoms with van der Waals surface area (Å²) in [7, 11) is 0. The molecule has 1 aromatic rings. The number of piperidine rings is 1. The lowest BCUT2D eigenvalue weighted by Crippen LogP contribution is -2.55. The highest BCUT2D eigenvalue weighted by molar-refractivity contribution is 5.83. The van der Waals surface area contributed by atoms with E-state index in [2.05, 4.69) is 4.98 Å². The molecule has 182 valence electrons. The van der Waals surface area contributed by atoms with Crippen LogP contribution in [0.15, 0.2) is 24.5 Å². The van der Waals surface area contributed by atoms with E-state index in [1.807, 2.05) is 12.1 Å². The Labute approximate surface area is 195 Å². The second-order valence-corrected chi connectivity index (χ2v) is 9.46. The van der Waals surface area contributed by atoms with Gasteiger partial charge < -0.3 is 9.47 Å².